The molecule has 9 heteroatoms. The van der Waals surface area contributed by atoms with Crippen LogP contribution >= 0.6 is 0 Å². The van der Waals surface area contributed by atoms with Crippen LogP contribution in [-0.2, 0) is 33.3 Å². The van der Waals surface area contributed by atoms with Crippen LogP contribution in [0.1, 0.15) is 47.0 Å². The Balaban J connectivity index is 3.38. The maximum absolute atomic E-state index is 13.8. The highest BCUT2D eigenvalue weighted by atomic mass is 19.1. The Kier molecular flexibility index (Phi) is 20.0. The van der Waals surface area contributed by atoms with E-state index in [4.69, 9.17) is 23.7 Å². The number of ketones is 1. The number of amides is 1. The molecule has 0 aliphatic heterocycles. The zero-order valence-corrected chi connectivity index (χ0v) is 19.7. The van der Waals surface area contributed by atoms with E-state index in [1.165, 1.54) is 0 Å². The molecule has 8 nitrogen and oxygen atoms in total. The Bertz CT molecular complexity index is 450. The van der Waals surface area contributed by atoms with Crippen LogP contribution in [0.15, 0.2) is 0 Å². The number of hydrogen-bond donors (Lipinski definition) is 1. The van der Waals surface area contributed by atoms with Crippen molar-refractivity contribution < 1.29 is 37.7 Å². The van der Waals surface area contributed by atoms with E-state index in [1.807, 2.05) is 13.8 Å². The lowest BCUT2D eigenvalue weighted by Gasteiger charge is -2.18. The largest absolute Gasteiger partial charge is 0.377 e. The molecule has 0 aliphatic rings. The first kappa shape index (κ1) is 29.9. The van der Waals surface area contributed by atoms with Crippen molar-refractivity contribution in [2.75, 3.05) is 66.0 Å². The minimum absolute atomic E-state index is 0.0486. The van der Waals surface area contributed by atoms with Gasteiger partial charge in [-0.1, -0.05) is 20.8 Å². The molecule has 0 radical (unpaired) electrons. The predicted octanol–water partition coefficient (Wildman–Crippen LogP) is 2.33. The quantitative estimate of drug-likeness (QED) is 0.253. The molecule has 1 amide bonds. The third-order valence-electron chi connectivity index (χ3n) is 4.73. The molecule has 184 valence electrons. The van der Waals surface area contributed by atoms with Gasteiger partial charge in [0.25, 0.3) is 0 Å². The molecule has 0 aliphatic carbocycles. The lowest BCUT2D eigenvalue weighted by molar-refractivity contribution is -0.128. The second-order valence-corrected chi connectivity index (χ2v) is 7.12. The second-order valence-electron chi connectivity index (χ2n) is 7.12. The summed E-state index contributed by atoms with van der Waals surface area (Å²) in [4.78, 5) is 22.9. The fourth-order valence-corrected chi connectivity index (χ4v) is 2.59. The van der Waals surface area contributed by atoms with E-state index in [2.05, 4.69) is 5.32 Å². The normalized spacial score (nSPS) is 13.4. The Morgan fingerprint density at radius 2 is 1.29 bits per heavy atom. The van der Waals surface area contributed by atoms with Crippen molar-refractivity contribution in [3.05, 3.63) is 0 Å². The van der Waals surface area contributed by atoms with Gasteiger partial charge < -0.3 is 29.0 Å². The van der Waals surface area contributed by atoms with Crippen molar-refractivity contribution in [3.63, 3.8) is 0 Å². The number of Topliss-reactive ketones (excluding diaryl/α,β-unsaturated/α-hetero) is 1. The highest BCUT2D eigenvalue weighted by molar-refractivity contribution is 5.82. The number of rotatable bonds is 22. The molecule has 0 aromatic rings. The molecular formula is C22H42FNO7. The number of carbonyl (C=O) groups is 2. The van der Waals surface area contributed by atoms with E-state index < -0.39 is 12.3 Å². The molecule has 0 saturated carbocycles. The van der Waals surface area contributed by atoms with Gasteiger partial charge in [0.15, 0.2) is 5.78 Å². The van der Waals surface area contributed by atoms with E-state index in [-0.39, 0.29) is 37.4 Å². The average molecular weight is 452 g/mol. The van der Waals surface area contributed by atoms with Crippen molar-refractivity contribution in [1.29, 1.82) is 0 Å². The Morgan fingerprint density at radius 3 is 1.77 bits per heavy atom. The van der Waals surface area contributed by atoms with Gasteiger partial charge in [0.05, 0.1) is 65.5 Å². The highest BCUT2D eigenvalue weighted by Crippen LogP contribution is 2.08. The van der Waals surface area contributed by atoms with Gasteiger partial charge >= 0.3 is 0 Å². The SMILES string of the molecule is CCC(=O)NCC(F)C(C)OCCOCCOCCOCCOCC(=O)C(CC)CC. The summed E-state index contributed by atoms with van der Waals surface area (Å²) in [5.41, 5.74) is 0. The van der Waals surface area contributed by atoms with Gasteiger partial charge in [-0.2, -0.15) is 0 Å². The van der Waals surface area contributed by atoms with Gasteiger partial charge in [-0.25, -0.2) is 4.39 Å². The van der Waals surface area contributed by atoms with Crippen molar-refractivity contribution in [3.8, 4) is 0 Å². The molecule has 0 spiro atoms. The summed E-state index contributed by atoms with van der Waals surface area (Å²) in [7, 11) is 0. The van der Waals surface area contributed by atoms with Crippen LogP contribution in [0, 0.1) is 5.92 Å². The van der Waals surface area contributed by atoms with Gasteiger partial charge in [-0.05, 0) is 19.8 Å². The Hall–Kier alpha value is -1.13. The van der Waals surface area contributed by atoms with Crippen LogP contribution in [0.5, 0.6) is 0 Å². The summed E-state index contributed by atoms with van der Waals surface area (Å²) in [5, 5.41) is 2.50. The fraction of sp³-hybridized carbons (Fsp3) is 0.909. The highest BCUT2D eigenvalue weighted by Gasteiger charge is 2.17. The maximum Gasteiger partial charge on any atom is 0.219 e. The number of nitrogens with one attached hydrogen (secondary N) is 1. The van der Waals surface area contributed by atoms with E-state index in [0.29, 0.717) is 52.7 Å². The lowest BCUT2D eigenvalue weighted by atomic mass is 9.99. The molecule has 0 bridgehead atoms. The molecular weight excluding hydrogens is 409 g/mol. The molecule has 1 N–H and O–H groups in total. The molecule has 0 rings (SSSR count). The van der Waals surface area contributed by atoms with E-state index in [1.54, 1.807) is 13.8 Å². The van der Waals surface area contributed by atoms with Gasteiger partial charge in [0.2, 0.25) is 5.91 Å². The zero-order chi connectivity index (χ0) is 23.3. The molecule has 0 saturated heterocycles. The van der Waals surface area contributed by atoms with Gasteiger partial charge in [-0.3, -0.25) is 9.59 Å². The van der Waals surface area contributed by atoms with Crippen LogP contribution < -0.4 is 5.32 Å². The second kappa shape index (κ2) is 20.8. The molecule has 2 atom stereocenters. The van der Waals surface area contributed by atoms with Crippen LogP contribution in [0.2, 0.25) is 0 Å². The molecule has 0 fully saturated rings. The van der Waals surface area contributed by atoms with E-state index in [0.717, 1.165) is 12.8 Å². The standard InChI is InChI=1S/C22H42FNO7/c1-5-19(6-2)21(25)17-30-13-12-28-9-8-27-10-11-29-14-15-31-18(4)20(23)16-24-22(26)7-3/h18-20H,5-17H2,1-4H3,(H,24,26). The van der Waals surface area contributed by atoms with Gasteiger partial charge in [0.1, 0.15) is 12.8 Å². The minimum atomic E-state index is -1.26. The summed E-state index contributed by atoms with van der Waals surface area (Å²) < 4.78 is 40.6. The summed E-state index contributed by atoms with van der Waals surface area (Å²) in [5.74, 6) is 0.0611. The predicted molar refractivity (Wildman–Crippen MR) is 116 cm³/mol. The smallest absolute Gasteiger partial charge is 0.219 e. The Morgan fingerprint density at radius 1 is 0.806 bits per heavy atom. The maximum atomic E-state index is 13.8. The number of carbonyl (C=O) groups excluding carboxylic acids is 2. The first-order valence-electron chi connectivity index (χ1n) is 11.3. The third kappa shape index (κ3) is 17.1. The minimum Gasteiger partial charge on any atom is -0.377 e. The third-order valence-corrected chi connectivity index (χ3v) is 4.73. The number of halogens is 1. The van der Waals surface area contributed by atoms with Crippen molar-refractivity contribution in [1.82, 2.24) is 5.32 Å². The average Bonchev–Trinajstić information content (AvgIpc) is 2.77. The summed E-state index contributed by atoms with van der Waals surface area (Å²) >= 11 is 0. The molecule has 0 heterocycles. The Labute approximate surface area is 186 Å². The van der Waals surface area contributed by atoms with Crippen molar-refractivity contribution in [2.24, 2.45) is 5.92 Å². The number of ether oxygens (including phenoxy) is 5. The topological polar surface area (TPSA) is 92.3 Å². The van der Waals surface area contributed by atoms with Crippen molar-refractivity contribution in [2.45, 2.75) is 59.2 Å². The first-order valence-corrected chi connectivity index (χ1v) is 11.3. The van der Waals surface area contributed by atoms with E-state index in [9.17, 15) is 14.0 Å². The van der Waals surface area contributed by atoms with Gasteiger partial charge in [0, 0.05) is 12.3 Å². The van der Waals surface area contributed by atoms with Crippen LogP contribution in [0.4, 0.5) is 4.39 Å². The number of hydrogen-bond acceptors (Lipinski definition) is 7. The van der Waals surface area contributed by atoms with Crippen molar-refractivity contribution >= 4 is 11.7 Å². The fourth-order valence-electron chi connectivity index (χ4n) is 2.59. The lowest BCUT2D eigenvalue weighted by Crippen LogP contribution is -2.36. The molecule has 2 unspecified atom stereocenters. The summed E-state index contributed by atoms with van der Waals surface area (Å²) in [6.07, 6.45) is 0.158. The summed E-state index contributed by atoms with van der Waals surface area (Å²) in [6, 6.07) is 0. The molecule has 0 aromatic carbocycles. The van der Waals surface area contributed by atoms with E-state index >= 15 is 0 Å². The van der Waals surface area contributed by atoms with Crippen LogP contribution in [0.25, 0.3) is 0 Å². The van der Waals surface area contributed by atoms with Crippen LogP contribution in [0.3, 0.4) is 0 Å². The first-order chi connectivity index (χ1) is 15.0. The molecule has 31 heavy (non-hydrogen) atoms. The zero-order valence-electron chi connectivity index (χ0n) is 19.7. The van der Waals surface area contributed by atoms with Gasteiger partial charge in [-0.15, -0.1) is 0 Å². The van der Waals surface area contributed by atoms with Crippen LogP contribution in [-0.4, -0.2) is 90.0 Å². The monoisotopic (exact) mass is 451 g/mol. The molecule has 0 aromatic heterocycles. The number of alkyl halides is 1. The summed E-state index contributed by atoms with van der Waals surface area (Å²) in [6.45, 7) is 10.6.